The molecule has 7 nitrogen and oxygen atoms in total. The number of carboxylic acid groups (broad SMARTS) is 1. The van der Waals surface area contributed by atoms with E-state index >= 15 is 0 Å². The number of rotatable bonds is 3. The number of aliphatic carboxylic acids is 1. The van der Waals surface area contributed by atoms with Gasteiger partial charge in [0, 0.05) is 37.4 Å². The summed E-state index contributed by atoms with van der Waals surface area (Å²) in [6, 6.07) is 6.60. The highest BCUT2D eigenvalue weighted by atomic mass is 16.4. The fraction of sp³-hybridized carbons (Fsp3) is 0.571. The third-order valence-corrected chi connectivity index (χ3v) is 5.75. The molecule has 2 N–H and O–H groups in total. The average molecular weight is 387 g/mol. The summed E-state index contributed by atoms with van der Waals surface area (Å²) in [7, 11) is 0. The predicted molar refractivity (Wildman–Crippen MR) is 106 cm³/mol. The van der Waals surface area contributed by atoms with E-state index < -0.39 is 11.9 Å². The number of urea groups is 1. The van der Waals surface area contributed by atoms with E-state index in [0.29, 0.717) is 30.1 Å². The molecule has 2 atom stereocenters. The molecule has 2 unspecified atom stereocenters. The summed E-state index contributed by atoms with van der Waals surface area (Å²) < 4.78 is 0. The molecule has 0 spiro atoms. The van der Waals surface area contributed by atoms with E-state index in [0.717, 1.165) is 25.9 Å². The summed E-state index contributed by atoms with van der Waals surface area (Å²) in [6.45, 7) is 6.50. The van der Waals surface area contributed by atoms with E-state index in [9.17, 15) is 19.5 Å². The number of amides is 3. The first-order valence-electron chi connectivity index (χ1n) is 10.0. The number of carbonyl (C=O) groups excluding carboxylic acids is 2. The van der Waals surface area contributed by atoms with Crippen molar-refractivity contribution in [3.63, 3.8) is 0 Å². The number of benzene rings is 1. The first kappa shape index (κ1) is 20.2. The number of carboxylic acids is 1. The topological polar surface area (TPSA) is 90.0 Å². The standard InChI is InChI=1S/C21H29N3O4/c1-14-7-9-23(10-8-14)19(25)16-3-5-18(6-4-16)22-21(28)24-12-15(2)11-17(13-24)20(26)27/h3-6,14-15,17H,7-13H2,1-2H3,(H,22,28)(H,26,27). The number of piperidine rings is 2. The van der Waals surface area contributed by atoms with Crippen LogP contribution in [0, 0.1) is 17.8 Å². The summed E-state index contributed by atoms with van der Waals surface area (Å²) in [5.74, 6) is -0.548. The van der Waals surface area contributed by atoms with Crippen molar-refractivity contribution in [3.05, 3.63) is 29.8 Å². The van der Waals surface area contributed by atoms with Gasteiger partial charge in [-0.1, -0.05) is 13.8 Å². The SMILES string of the molecule is CC1CCN(C(=O)c2ccc(NC(=O)N3CC(C)CC(C(=O)O)C3)cc2)CC1. The average Bonchev–Trinajstić information content (AvgIpc) is 2.68. The van der Waals surface area contributed by atoms with Gasteiger partial charge >= 0.3 is 12.0 Å². The van der Waals surface area contributed by atoms with Crippen LogP contribution in [0.25, 0.3) is 0 Å². The lowest BCUT2D eigenvalue weighted by molar-refractivity contribution is -0.143. The molecular formula is C21H29N3O4. The van der Waals surface area contributed by atoms with Gasteiger partial charge in [0.25, 0.3) is 5.91 Å². The molecule has 2 aliphatic heterocycles. The molecule has 7 heteroatoms. The maximum absolute atomic E-state index is 12.6. The summed E-state index contributed by atoms with van der Waals surface area (Å²) in [5, 5.41) is 12.1. The largest absolute Gasteiger partial charge is 0.481 e. The van der Waals surface area contributed by atoms with E-state index in [2.05, 4.69) is 12.2 Å². The van der Waals surface area contributed by atoms with Gasteiger partial charge in [-0.2, -0.15) is 0 Å². The lowest BCUT2D eigenvalue weighted by Crippen LogP contribution is -2.47. The third-order valence-electron chi connectivity index (χ3n) is 5.75. The maximum atomic E-state index is 12.6. The molecule has 2 saturated heterocycles. The molecule has 0 radical (unpaired) electrons. The Bertz CT molecular complexity index is 726. The van der Waals surface area contributed by atoms with Gasteiger partial charge in [-0.05, 0) is 55.4 Å². The quantitative estimate of drug-likeness (QED) is 0.834. The van der Waals surface area contributed by atoms with Crippen molar-refractivity contribution in [3.8, 4) is 0 Å². The van der Waals surface area contributed by atoms with E-state index in [1.807, 2.05) is 11.8 Å². The van der Waals surface area contributed by atoms with Crippen molar-refractivity contribution >= 4 is 23.6 Å². The highest BCUT2D eigenvalue weighted by molar-refractivity contribution is 5.95. The molecule has 28 heavy (non-hydrogen) atoms. The van der Waals surface area contributed by atoms with Crippen molar-refractivity contribution in [2.75, 3.05) is 31.5 Å². The van der Waals surface area contributed by atoms with Crippen molar-refractivity contribution in [2.24, 2.45) is 17.8 Å². The second-order valence-electron chi connectivity index (χ2n) is 8.26. The summed E-state index contributed by atoms with van der Waals surface area (Å²) in [4.78, 5) is 39.8. The summed E-state index contributed by atoms with van der Waals surface area (Å²) in [5.41, 5.74) is 1.21. The number of nitrogens with one attached hydrogen (secondary N) is 1. The molecule has 0 bridgehead atoms. The monoisotopic (exact) mass is 387 g/mol. The zero-order valence-corrected chi connectivity index (χ0v) is 16.6. The third kappa shape index (κ3) is 4.82. The fourth-order valence-electron chi connectivity index (χ4n) is 3.99. The Labute approximate surface area is 165 Å². The molecule has 0 aliphatic carbocycles. The molecule has 3 amide bonds. The van der Waals surface area contributed by atoms with Crippen molar-refractivity contribution in [1.29, 1.82) is 0 Å². The zero-order valence-electron chi connectivity index (χ0n) is 16.6. The Balaban J connectivity index is 1.58. The van der Waals surface area contributed by atoms with Gasteiger partial charge < -0.3 is 20.2 Å². The van der Waals surface area contributed by atoms with E-state index in [1.165, 1.54) is 0 Å². The van der Waals surface area contributed by atoms with Gasteiger partial charge in [-0.15, -0.1) is 0 Å². The number of likely N-dealkylation sites (tertiary alicyclic amines) is 2. The van der Waals surface area contributed by atoms with Crippen molar-refractivity contribution in [2.45, 2.75) is 33.1 Å². The van der Waals surface area contributed by atoms with Crippen LogP contribution in [0.4, 0.5) is 10.5 Å². The molecule has 0 aromatic heterocycles. The number of anilines is 1. The first-order valence-corrected chi connectivity index (χ1v) is 10.0. The van der Waals surface area contributed by atoms with Gasteiger partial charge in [0.15, 0.2) is 0 Å². The molecule has 1 aromatic rings. The van der Waals surface area contributed by atoms with Crippen LogP contribution in [0.3, 0.4) is 0 Å². The number of hydrogen-bond acceptors (Lipinski definition) is 3. The van der Waals surface area contributed by atoms with Crippen LogP contribution >= 0.6 is 0 Å². The molecule has 2 fully saturated rings. The molecule has 152 valence electrons. The van der Waals surface area contributed by atoms with E-state index in [1.54, 1.807) is 29.2 Å². The fourth-order valence-corrected chi connectivity index (χ4v) is 3.99. The Morgan fingerprint density at radius 1 is 0.964 bits per heavy atom. The Hall–Kier alpha value is -2.57. The van der Waals surface area contributed by atoms with Crippen molar-refractivity contribution < 1.29 is 19.5 Å². The zero-order chi connectivity index (χ0) is 20.3. The number of carbonyl (C=O) groups is 3. The second kappa shape index (κ2) is 8.63. The lowest BCUT2D eigenvalue weighted by Gasteiger charge is -2.34. The van der Waals surface area contributed by atoms with Gasteiger partial charge in [-0.25, -0.2) is 4.79 Å². The first-order chi connectivity index (χ1) is 13.3. The molecular weight excluding hydrogens is 358 g/mol. The molecule has 2 aliphatic rings. The Kier molecular flexibility index (Phi) is 6.21. The molecule has 2 heterocycles. The highest BCUT2D eigenvalue weighted by Crippen LogP contribution is 2.23. The van der Waals surface area contributed by atoms with Crippen LogP contribution in [0.15, 0.2) is 24.3 Å². The minimum atomic E-state index is -0.862. The normalized spacial score (nSPS) is 23.4. The van der Waals surface area contributed by atoms with Gasteiger partial charge in [0.1, 0.15) is 0 Å². The summed E-state index contributed by atoms with van der Waals surface area (Å²) >= 11 is 0. The van der Waals surface area contributed by atoms with Crippen LogP contribution < -0.4 is 5.32 Å². The smallest absolute Gasteiger partial charge is 0.321 e. The minimum Gasteiger partial charge on any atom is -0.481 e. The predicted octanol–water partition coefficient (Wildman–Crippen LogP) is 3.13. The molecule has 1 aromatic carbocycles. The lowest BCUT2D eigenvalue weighted by atomic mass is 9.91. The van der Waals surface area contributed by atoms with Crippen LogP contribution in [-0.4, -0.2) is 59.0 Å². The van der Waals surface area contributed by atoms with Gasteiger partial charge in [0.05, 0.1) is 5.92 Å². The highest BCUT2D eigenvalue weighted by Gasteiger charge is 2.32. The maximum Gasteiger partial charge on any atom is 0.321 e. The van der Waals surface area contributed by atoms with E-state index in [4.69, 9.17) is 0 Å². The van der Waals surface area contributed by atoms with E-state index in [-0.39, 0.29) is 24.4 Å². The van der Waals surface area contributed by atoms with Crippen LogP contribution in [0.5, 0.6) is 0 Å². The Morgan fingerprint density at radius 3 is 2.21 bits per heavy atom. The minimum absolute atomic E-state index is 0.0268. The summed E-state index contributed by atoms with van der Waals surface area (Å²) in [6.07, 6.45) is 2.65. The van der Waals surface area contributed by atoms with Crippen molar-refractivity contribution in [1.82, 2.24) is 9.80 Å². The second-order valence-corrected chi connectivity index (χ2v) is 8.26. The number of nitrogens with zero attached hydrogens (tertiary/aromatic N) is 2. The van der Waals surface area contributed by atoms with Crippen LogP contribution in [0.2, 0.25) is 0 Å². The molecule has 0 saturated carbocycles. The number of hydrogen-bond donors (Lipinski definition) is 2. The van der Waals surface area contributed by atoms with Crippen LogP contribution in [0.1, 0.15) is 43.5 Å². The van der Waals surface area contributed by atoms with Gasteiger partial charge in [-0.3, -0.25) is 9.59 Å². The van der Waals surface area contributed by atoms with Crippen LogP contribution in [-0.2, 0) is 4.79 Å². The Morgan fingerprint density at radius 2 is 1.61 bits per heavy atom. The molecule has 3 rings (SSSR count). The van der Waals surface area contributed by atoms with Gasteiger partial charge in [0.2, 0.25) is 0 Å².